The summed E-state index contributed by atoms with van der Waals surface area (Å²) in [5.74, 6) is -0.231. The van der Waals surface area contributed by atoms with Gasteiger partial charge in [0, 0.05) is 10.6 Å². The summed E-state index contributed by atoms with van der Waals surface area (Å²) in [6.07, 6.45) is 0. The zero-order valence-electron chi connectivity index (χ0n) is 5.91. The van der Waals surface area contributed by atoms with Crippen LogP contribution in [0.15, 0.2) is 12.1 Å². The van der Waals surface area contributed by atoms with E-state index < -0.39 is 0 Å². The van der Waals surface area contributed by atoms with Crippen molar-refractivity contribution in [2.45, 2.75) is 21.3 Å². The lowest BCUT2D eigenvalue weighted by molar-refractivity contribution is 0.617. The molecule has 0 N–H and O–H groups in total. The van der Waals surface area contributed by atoms with Crippen molar-refractivity contribution < 1.29 is 4.39 Å². The molecule has 0 aliphatic rings. The fraction of sp³-hybridized carbons (Fsp3) is 0.333. The first kappa shape index (κ1) is 10.4. The van der Waals surface area contributed by atoms with E-state index >= 15 is 0 Å². The lowest BCUT2D eigenvalue weighted by Gasteiger charge is -1.99. The first-order chi connectivity index (χ1) is 4.61. The molecule has 0 amide bonds. The Morgan fingerprint density at radius 1 is 1.27 bits per heavy atom. The molecule has 0 bridgehead atoms. The number of hydrogen-bond donors (Lipinski definition) is 0. The second kappa shape index (κ2) is 3.72. The Labute approximate surface area is 72.0 Å². The van der Waals surface area contributed by atoms with Crippen LogP contribution in [0.2, 0.25) is 5.02 Å². The van der Waals surface area contributed by atoms with Gasteiger partial charge in [0.1, 0.15) is 5.82 Å². The molecule has 0 atom stereocenters. The average Bonchev–Trinajstić information content (AvgIpc) is 1.82. The molecule has 0 radical (unpaired) electrons. The molecule has 1 aromatic rings. The van der Waals surface area contributed by atoms with Crippen LogP contribution in [0.5, 0.6) is 0 Å². The van der Waals surface area contributed by atoms with Gasteiger partial charge in [-0.05, 0) is 31.5 Å². The fourth-order valence-corrected chi connectivity index (χ4v) is 1.03. The van der Waals surface area contributed by atoms with Gasteiger partial charge in [-0.1, -0.05) is 19.0 Å². The molecular weight excluding hydrogens is 163 g/mol. The van der Waals surface area contributed by atoms with Gasteiger partial charge in [0.25, 0.3) is 0 Å². The summed E-state index contributed by atoms with van der Waals surface area (Å²) in [6, 6.07) is 3.22. The number of aryl methyl sites for hydroxylation is 1. The number of benzene rings is 1. The van der Waals surface area contributed by atoms with Crippen LogP contribution in [0.25, 0.3) is 0 Å². The van der Waals surface area contributed by atoms with Crippen LogP contribution in [0, 0.1) is 19.7 Å². The highest BCUT2D eigenvalue weighted by Crippen LogP contribution is 2.19. The summed E-state index contributed by atoms with van der Waals surface area (Å²) in [7, 11) is 0. The molecule has 0 aromatic heterocycles. The highest BCUT2D eigenvalue weighted by Gasteiger charge is 2.01. The van der Waals surface area contributed by atoms with E-state index in [1.54, 1.807) is 13.0 Å². The Morgan fingerprint density at radius 2 is 1.82 bits per heavy atom. The smallest absolute Gasteiger partial charge is 0.127 e. The molecule has 0 fully saturated rings. The predicted octanol–water partition coefficient (Wildman–Crippen LogP) is 3.73. The Bertz CT molecular complexity index is 233. The minimum Gasteiger partial charge on any atom is -0.207 e. The summed E-state index contributed by atoms with van der Waals surface area (Å²) < 4.78 is 12.8. The van der Waals surface area contributed by atoms with Crippen molar-refractivity contribution in [1.82, 2.24) is 0 Å². The zero-order valence-corrected chi connectivity index (χ0v) is 6.67. The molecule has 0 heterocycles. The van der Waals surface area contributed by atoms with Gasteiger partial charge < -0.3 is 0 Å². The van der Waals surface area contributed by atoms with E-state index in [-0.39, 0.29) is 13.2 Å². The summed E-state index contributed by atoms with van der Waals surface area (Å²) in [5, 5.41) is 0.498. The molecule has 0 spiro atoms. The summed E-state index contributed by atoms with van der Waals surface area (Å²) >= 11 is 5.68. The Morgan fingerprint density at radius 3 is 2.27 bits per heavy atom. The third-order valence-electron chi connectivity index (χ3n) is 1.43. The van der Waals surface area contributed by atoms with Crippen LogP contribution in [-0.2, 0) is 0 Å². The van der Waals surface area contributed by atoms with Gasteiger partial charge in [0.05, 0.1) is 0 Å². The van der Waals surface area contributed by atoms with Crippen LogP contribution >= 0.6 is 11.6 Å². The number of hydrogen-bond acceptors (Lipinski definition) is 0. The molecule has 1 rings (SSSR count). The minimum absolute atomic E-state index is 0. The van der Waals surface area contributed by atoms with Gasteiger partial charge in [-0.15, -0.1) is 0 Å². The zero-order chi connectivity index (χ0) is 7.72. The molecule has 0 nitrogen and oxygen atoms in total. The van der Waals surface area contributed by atoms with E-state index in [0.717, 1.165) is 5.56 Å². The third-order valence-corrected chi connectivity index (χ3v) is 1.82. The molecule has 2 heteroatoms. The van der Waals surface area contributed by atoms with Crippen LogP contribution in [-0.4, -0.2) is 0 Å². The van der Waals surface area contributed by atoms with E-state index in [9.17, 15) is 4.39 Å². The van der Waals surface area contributed by atoms with Crippen LogP contribution < -0.4 is 0 Å². The maximum Gasteiger partial charge on any atom is 0.127 e. The molecule has 0 aliphatic heterocycles. The molecule has 0 aliphatic carbocycles. The Hall–Kier alpha value is -0.560. The van der Waals surface area contributed by atoms with Crippen molar-refractivity contribution in [3.8, 4) is 0 Å². The van der Waals surface area contributed by atoms with Gasteiger partial charge in [0.15, 0.2) is 0 Å². The normalized spacial score (nSPS) is 9.09. The number of rotatable bonds is 0. The molecule has 62 valence electrons. The Kier molecular flexibility index (Phi) is 3.53. The van der Waals surface area contributed by atoms with E-state index in [1.807, 2.05) is 6.92 Å². The van der Waals surface area contributed by atoms with E-state index in [1.165, 1.54) is 6.07 Å². The van der Waals surface area contributed by atoms with Gasteiger partial charge in [-0.3, -0.25) is 0 Å². The monoisotopic (exact) mass is 174 g/mol. The third kappa shape index (κ3) is 2.19. The SMILES string of the molecule is C.Cc1cc(F)c(C)c(Cl)c1. The van der Waals surface area contributed by atoms with Crippen LogP contribution in [0.3, 0.4) is 0 Å². The highest BCUT2D eigenvalue weighted by atomic mass is 35.5. The van der Waals surface area contributed by atoms with Crippen molar-refractivity contribution in [3.05, 3.63) is 34.1 Å². The minimum atomic E-state index is -0.231. The van der Waals surface area contributed by atoms with Gasteiger partial charge in [0.2, 0.25) is 0 Å². The van der Waals surface area contributed by atoms with Crippen LogP contribution in [0.1, 0.15) is 18.6 Å². The van der Waals surface area contributed by atoms with E-state index in [2.05, 4.69) is 0 Å². The van der Waals surface area contributed by atoms with Gasteiger partial charge >= 0.3 is 0 Å². The molecule has 1 aromatic carbocycles. The maximum atomic E-state index is 12.8. The standard InChI is InChI=1S/C8H8ClF.CH4/c1-5-3-7(9)6(2)8(10)4-5;/h3-4H,1-2H3;1H4. The van der Waals surface area contributed by atoms with Crippen molar-refractivity contribution in [2.24, 2.45) is 0 Å². The molecule has 11 heavy (non-hydrogen) atoms. The van der Waals surface area contributed by atoms with Gasteiger partial charge in [-0.25, -0.2) is 4.39 Å². The van der Waals surface area contributed by atoms with E-state index in [0.29, 0.717) is 10.6 Å². The predicted molar refractivity (Wildman–Crippen MR) is 47.6 cm³/mol. The largest absolute Gasteiger partial charge is 0.207 e. The molecule has 0 unspecified atom stereocenters. The quantitative estimate of drug-likeness (QED) is 0.562. The lowest BCUT2D eigenvalue weighted by Crippen LogP contribution is -1.84. The van der Waals surface area contributed by atoms with Gasteiger partial charge in [-0.2, -0.15) is 0 Å². The summed E-state index contributed by atoms with van der Waals surface area (Å²) in [6.45, 7) is 3.48. The van der Waals surface area contributed by atoms with Crippen molar-refractivity contribution >= 4 is 11.6 Å². The molecular formula is C9H12ClF. The lowest BCUT2D eigenvalue weighted by atomic mass is 10.2. The average molecular weight is 175 g/mol. The Balaban J connectivity index is 0.000001000. The first-order valence-electron chi connectivity index (χ1n) is 3.03. The van der Waals surface area contributed by atoms with Crippen LogP contribution in [0.4, 0.5) is 4.39 Å². The van der Waals surface area contributed by atoms with Crippen molar-refractivity contribution in [1.29, 1.82) is 0 Å². The van der Waals surface area contributed by atoms with E-state index in [4.69, 9.17) is 11.6 Å². The van der Waals surface area contributed by atoms with Crippen molar-refractivity contribution in [3.63, 3.8) is 0 Å². The summed E-state index contributed by atoms with van der Waals surface area (Å²) in [5.41, 5.74) is 1.38. The fourth-order valence-electron chi connectivity index (χ4n) is 0.772. The number of halogens is 2. The second-order valence-electron chi connectivity index (χ2n) is 2.35. The molecule has 0 saturated carbocycles. The summed E-state index contributed by atoms with van der Waals surface area (Å²) in [4.78, 5) is 0. The van der Waals surface area contributed by atoms with Crippen molar-refractivity contribution in [2.75, 3.05) is 0 Å². The maximum absolute atomic E-state index is 12.8. The first-order valence-corrected chi connectivity index (χ1v) is 3.41. The highest BCUT2D eigenvalue weighted by molar-refractivity contribution is 6.31. The molecule has 0 saturated heterocycles. The topological polar surface area (TPSA) is 0 Å². The second-order valence-corrected chi connectivity index (χ2v) is 2.76.